The summed E-state index contributed by atoms with van der Waals surface area (Å²) in [6, 6.07) is 7.38. The van der Waals surface area contributed by atoms with Gasteiger partial charge in [-0.25, -0.2) is 0 Å². The fourth-order valence-electron chi connectivity index (χ4n) is 1.95. The molecule has 0 bridgehead atoms. The molecule has 1 heterocycles. The molecule has 0 aliphatic rings. The first-order valence-corrected chi connectivity index (χ1v) is 6.83. The van der Waals surface area contributed by atoms with Crippen LogP contribution in [0.3, 0.4) is 0 Å². The van der Waals surface area contributed by atoms with E-state index >= 15 is 0 Å². The molecule has 1 unspecified atom stereocenters. The Balaban J connectivity index is 2.17. The summed E-state index contributed by atoms with van der Waals surface area (Å²) >= 11 is 3.43. The second-order valence-electron chi connectivity index (χ2n) is 4.46. The van der Waals surface area contributed by atoms with E-state index in [0.29, 0.717) is 0 Å². The average Bonchev–Trinajstić information content (AvgIpc) is 2.80. The fourth-order valence-corrected chi connectivity index (χ4v) is 2.33. The topological polar surface area (TPSA) is 51.5 Å². The van der Waals surface area contributed by atoms with E-state index < -0.39 is 0 Å². The Morgan fingerprint density at radius 2 is 2.11 bits per heavy atom. The number of ether oxygens (including phenoxy) is 1. The van der Waals surface area contributed by atoms with Crippen molar-refractivity contribution in [3.8, 4) is 0 Å². The number of hydrogen-bond acceptors (Lipinski definition) is 4. The van der Waals surface area contributed by atoms with Crippen molar-refractivity contribution < 1.29 is 13.9 Å². The number of hydrogen-bond donors (Lipinski definition) is 1. The van der Waals surface area contributed by atoms with E-state index in [1.54, 1.807) is 6.92 Å². The van der Waals surface area contributed by atoms with Crippen LogP contribution in [0.1, 0.15) is 25.6 Å². The number of carbonyl (C=O) groups is 1. The van der Waals surface area contributed by atoms with Gasteiger partial charge in [-0.2, -0.15) is 0 Å². The van der Waals surface area contributed by atoms with E-state index in [0.717, 1.165) is 21.2 Å². The van der Waals surface area contributed by atoms with Crippen LogP contribution in [0.15, 0.2) is 33.2 Å². The SMILES string of the molecule is COC(=O)[C@H](C)NC(C)c1cc2cc(Br)ccc2o1. The fraction of sp³-hybridized carbons (Fsp3) is 0.357. The Morgan fingerprint density at radius 1 is 1.37 bits per heavy atom. The number of benzene rings is 1. The van der Waals surface area contributed by atoms with Crippen molar-refractivity contribution in [2.75, 3.05) is 7.11 Å². The van der Waals surface area contributed by atoms with Crippen LogP contribution in [0.5, 0.6) is 0 Å². The highest BCUT2D eigenvalue weighted by atomic mass is 79.9. The van der Waals surface area contributed by atoms with Gasteiger partial charge in [-0.05, 0) is 38.1 Å². The Morgan fingerprint density at radius 3 is 2.79 bits per heavy atom. The molecule has 1 aromatic heterocycles. The van der Waals surface area contributed by atoms with Crippen LogP contribution in [-0.2, 0) is 9.53 Å². The molecular formula is C14H16BrNO3. The molecule has 0 radical (unpaired) electrons. The van der Waals surface area contributed by atoms with Crippen LogP contribution in [0.2, 0.25) is 0 Å². The predicted octanol–water partition coefficient (Wildman–Crippen LogP) is 3.41. The summed E-state index contributed by atoms with van der Waals surface area (Å²) in [6.45, 7) is 3.72. The zero-order valence-electron chi connectivity index (χ0n) is 11.1. The van der Waals surface area contributed by atoms with Gasteiger partial charge < -0.3 is 9.15 Å². The number of halogens is 1. The largest absolute Gasteiger partial charge is 0.468 e. The third kappa shape index (κ3) is 3.16. The molecule has 0 amide bonds. The van der Waals surface area contributed by atoms with Crippen LogP contribution >= 0.6 is 15.9 Å². The highest BCUT2D eigenvalue weighted by molar-refractivity contribution is 9.10. The molecule has 5 heteroatoms. The summed E-state index contributed by atoms with van der Waals surface area (Å²) in [5.74, 6) is 0.509. The van der Waals surface area contributed by atoms with Gasteiger partial charge in [0.05, 0.1) is 13.2 Å². The lowest BCUT2D eigenvalue weighted by molar-refractivity contribution is -0.142. The van der Waals surface area contributed by atoms with Crippen LogP contribution in [-0.4, -0.2) is 19.1 Å². The summed E-state index contributed by atoms with van der Waals surface area (Å²) < 4.78 is 11.5. The third-order valence-corrected chi connectivity index (χ3v) is 3.47. The van der Waals surface area contributed by atoms with Gasteiger partial charge in [0, 0.05) is 9.86 Å². The molecule has 0 aliphatic carbocycles. The molecular weight excluding hydrogens is 310 g/mol. The lowest BCUT2D eigenvalue weighted by Gasteiger charge is -2.16. The first-order chi connectivity index (χ1) is 9.01. The number of nitrogens with one attached hydrogen (secondary N) is 1. The highest BCUT2D eigenvalue weighted by Gasteiger charge is 2.18. The van der Waals surface area contributed by atoms with Crippen LogP contribution in [0.4, 0.5) is 0 Å². The molecule has 19 heavy (non-hydrogen) atoms. The van der Waals surface area contributed by atoms with Gasteiger partial charge in [0.15, 0.2) is 0 Å². The van der Waals surface area contributed by atoms with Gasteiger partial charge in [0.1, 0.15) is 17.4 Å². The second-order valence-corrected chi connectivity index (χ2v) is 5.38. The van der Waals surface area contributed by atoms with E-state index in [1.165, 1.54) is 7.11 Å². The quantitative estimate of drug-likeness (QED) is 0.875. The molecule has 2 rings (SSSR count). The van der Waals surface area contributed by atoms with Crippen molar-refractivity contribution in [2.24, 2.45) is 0 Å². The molecule has 2 atom stereocenters. The predicted molar refractivity (Wildman–Crippen MR) is 76.9 cm³/mol. The van der Waals surface area contributed by atoms with E-state index in [1.807, 2.05) is 31.2 Å². The summed E-state index contributed by atoms with van der Waals surface area (Å²) in [5, 5.41) is 4.17. The number of esters is 1. The Kier molecular flexibility index (Phi) is 4.27. The minimum Gasteiger partial charge on any atom is -0.468 e. The van der Waals surface area contributed by atoms with Crippen molar-refractivity contribution in [3.63, 3.8) is 0 Å². The molecule has 2 aromatic rings. The zero-order chi connectivity index (χ0) is 14.0. The normalized spacial score (nSPS) is 14.3. The lowest BCUT2D eigenvalue weighted by atomic mass is 10.2. The second kappa shape index (κ2) is 5.75. The van der Waals surface area contributed by atoms with Crippen molar-refractivity contribution in [3.05, 3.63) is 34.5 Å². The van der Waals surface area contributed by atoms with Crippen molar-refractivity contribution in [1.82, 2.24) is 5.32 Å². The lowest BCUT2D eigenvalue weighted by Crippen LogP contribution is -2.36. The molecule has 0 saturated carbocycles. The summed E-state index contributed by atoms with van der Waals surface area (Å²) in [4.78, 5) is 11.4. The number of rotatable bonds is 4. The molecule has 0 spiro atoms. The third-order valence-electron chi connectivity index (χ3n) is 2.98. The number of methoxy groups -OCH3 is 1. The van der Waals surface area contributed by atoms with Gasteiger partial charge in [0.25, 0.3) is 0 Å². The van der Waals surface area contributed by atoms with Gasteiger partial charge in [-0.3, -0.25) is 10.1 Å². The minimum atomic E-state index is -0.375. The molecule has 0 aliphatic heterocycles. The summed E-state index contributed by atoms with van der Waals surface area (Å²) in [5.41, 5.74) is 0.831. The number of furan rings is 1. The van der Waals surface area contributed by atoms with Crippen molar-refractivity contribution in [1.29, 1.82) is 0 Å². The van der Waals surface area contributed by atoms with E-state index in [-0.39, 0.29) is 18.1 Å². The van der Waals surface area contributed by atoms with Gasteiger partial charge in [-0.1, -0.05) is 15.9 Å². The monoisotopic (exact) mass is 325 g/mol. The maximum atomic E-state index is 11.4. The van der Waals surface area contributed by atoms with Gasteiger partial charge in [0.2, 0.25) is 0 Å². The van der Waals surface area contributed by atoms with Crippen molar-refractivity contribution in [2.45, 2.75) is 25.9 Å². The minimum absolute atomic E-state index is 0.0692. The van der Waals surface area contributed by atoms with E-state index in [9.17, 15) is 4.79 Å². The maximum absolute atomic E-state index is 11.4. The van der Waals surface area contributed by atoms with Crippen molar-refractivity contribution >= 4 is 32.9 Å². The molecule has 102 valence electrons. The first kappa shape index (κ1) is 14.1. The molecule has 4 nitrogen and oxygen atoms in total. The molecule has 1 aromatic carbocycles. The Bertz CT molecular complexity index is 593. The molecule has 0 saturated heterocycles. The average molecular weight is 326 g/mol. The van der Waals surface area contributed by atoms with Crippen LogP contribution < -0.4 is 5.32 Å². The van der Waals surface area contributed by atoms with Gasteiger partial charge >= 0.3 is 5.97 Å². The molecule has 0 fully saturated rings. The highest BCUT2D eigenvalue weighted by Crippen LogP contribution is 2.26. The number of carbonyl (C=O) groups excluding carboxylic acids is 1. The van der Waals surface area contributed by atoms with E-state index in [4.69, 9.17) is 4.42 Å². The Hall–Kier alpha value is -1.33. The summed E-state index contributed by atoms with van der Waals surface area (Å²) in [6.07, 6.45) is 0. The maximum Gasteiger partial charge on any atom is 0.322 e. The van der Waals surface area contributed by atoms with Gasteiger partial charge in [-0.15, -0.1) is 0 Å². The number of fused-ring (bicyclic) bond motifs is 1. The van der Waals surface area contributed by atoms with E-state index in [2.05, 4.69) is 26.0 Å². The van der Waals surface area contributed by atoms with Crippen LogP contribution in [0, 0.1) is 0 Å². The summed E-state index contributed by atoms with van der Waals surface area (Å²) in [7, 11) is 1.38. The standard InChI is InChI=1S/C14H16BrNO3/c1-8(16-9(2)14(17)18-3)13-7-10-6-11(15)4-5-12(10)19-13/h4-9,16H,1-3H3/t8?,9-/m0/s1. The Labute approximate surface area is 120 Å². The first-order valence-electron chi connectivity index (χ1n) is 6.04. The molecule has 1 N–H and O–H groups in total. The zero-order valence-corrected chi connectivity index (χ0v) is 12.7. The van der Waals surface area contributed by atoms with Crippen LogP contribution in [0.25, 0.3) is 11.0 Å². The smallest absolute Gasteiger partial charge is 0.322 e.